The van der Waals surface area contributed by atoms with Crippen LogP contribution in [-0.2, 0) is 14.8 Å². The van der Waals surface area contributed by atoms with E-state index < -0.39 is 10.0 Å². The zero-order chi connectivity index (χ0) is 17.9. The molecule has 0 radical (unpaired) electrons. The lowest BCUT2D eigenvalue weighted by molar-refractivity contribution is 0.0621. The van der Waals surface area contributed by atoms with E-state index in [1.54, 1.807) is 24.3 Å². The SMILES string of the molecule is Cc1ccc(S(=O)(=O)NC/C=C2/C[C@H](c3ccccc3)O[C@H]2C)cc1. The predicted molar refractivity (Wildman–Crippen MR) is 98.8 cm³/mol. The van der Waals surface area contributed by atoms with Crippen molar-refractivity contribution in [3.8, 4) is 0 Å². The number of ether oxygens (including phenoxy) is 1. The molecule has 1 aliphatic rings. The Morgan fingerprint density at radius 2 is 1.80 bits per heavy atom. The number of nitrogens with one attached hydrogen (secondary N) is 1. The van der Waals surface area contributed by atoms with Gasteiger partial charge in [0.2, 0.25) is 10.0 Å². The molecule has 0 spiro atoms. The first kappa shape index (κ1) is 17.9. The Hall–Kier alpha value is -1.95. The lowest BCUT2D eigenvalue weighted by Gasteiger charge is -2.10. The van der Waals surface area contributed by atoms with Gasteiger partial charge in [0.15, 0.2) is 0 Å². The summed E-state index contributed by atoms with van der Waals surface area (Å²) in [7, 11) is -3.49. The van der Waals surface area contributed by atoms with Crippen molar-refractivity contribution in [3.63, 3.8) is 0 Å². The highest BCUT2D eigenvalue weighted by molar-refractivity contribution is 7.89. The van der Waals surface area contributed by atoms with Crippen molar-refractivity contribution in [1.29, 1.82) is 0 Å². The van der Waals surface area contributed by atoms with E-state index in [0.29, 0.717) is 0 Å². The van der Waals surface area contributed by atoms with E-state index in [1.165, 1.54) is 0 Å². The Morgan fingerprint density at radius 1 is 1.12 bits per heavy atom. The largest absolute Gasteiger partial charge is 0.366 e. The molecular weight excluding hydrogens is 334 g/mol. The van der Waals surface area contributed by atoms with Crippen LogP contribution in [0.15, 0.2) is 71.1 Å². The van der Waals surface area contributed by atoms with Gasteiger partial charge in [-0.15, -0.1) is 0 Å². The van der Waals surface area contributed by atoms with E-state index in [1.807, 2.05) is 38.1 Å². The normalized spacial score (nSPS) is 22.4. The van der Waals surface area contributed by atoms with Crippen LogP contribution in [0.3, 0.4) is 0 Å². The fraction of sp³-hybridized carbons (Fsp3) is 0.300. The maximum atomic E-state index is 12.3. The molecular formula is C20H23NO3S. The average Bonchev–Trinajstić information content (AvgIpc) is 2.97. The number of rotatable bonds is 5. The van der Waals surface area contributed by atoms with Crippen molar-refractivity contribution in [2.75, 3.05) is 6.54 Å². The highest BCUT2D eigenvalue weighted by Gasteiger charge is 2.27. The predicted octanol–water partition coefficient (Wildman–Crippen LogP) is 3.75. The second kappa shape index (κ2) is 7.52. The van der Waals surface area contributed by atoms with Crippen LogP contribution < -0.4 is 4.72 Å². The molecule has 1 N–H and O–H groups in total. The molecule has 0 saturated carbocycles. The zero-order valence-corrected chi connectivity index (χ0v) is 15.3. The summed E-state index contributed by atoms with van der Waals surface area (Å²) in [6, 6.07) is 16.9. The van der Waals surface area contributed by atoms with Gasteiger partial charge in [-0.3, -0.25) is 0 Å². The molecule has 0 unspecified atom stereocenters. The summed E-state index contributed by atoms with van der Waals surface area (Å²) in [4.78, 5) is 0.286. The summed E-state index contributed by atoms with van der Waals surface area (Å²) < 4.78 is 33.3. The summed E-state index contributed by atoms with van der Waals surface area (Å²) >= 11 is 0. The highest BCUT2D eigenvalue weighted by Crippen LogP contribution is 2.36. The molecule has 2 aromatic carbocycles. The molecule has 132 valence electrons. The molecule has 4 nitrogen and oxygen atoms in total. The van der Waals surface area contributed by atoms with E-state index in [-0.39, 0.29) is 23.6 Å². The molecule has 1 heterocycles. The smallest absolute Gasteiger partial charge is 0.240 e. The van der Waals surface area contributed by atoms with Crippen molar-refractivity contribution in [2.24, 2.45) is 0 Å². The van der Waals surface area contributed by atoms with Crippen LogP contribution in [-0.4, -0.2) is 21.1 Å². The van der Waals surface area contributed by atoms with Crippen LogP contribution in [0, 0.1) is 6.92 Å². The first-order chi connectivity index (χ1) is 12.0. The van der Waals surface area contributed by atoms with Gasteiger partial charge < -0.3 is 4.74 Å². The van der Waals surface area contributed by atoms with Crippen LogP contribution in [0.4, 0.5) is 0 Å². The van der Waals surface area contributed by atoms with Crippen molar-refractivity contribution in [2.45, 2.75) is 37.4 Å². The molecule has 1 aliphatic heterocycles. The summed E-state index contributed by atoms with van der Waals surface area (Å²) in [5, 5.41) is 0. The molecule has 0 amide bonds. The Balaban J connectivity index is 1.63. The fourth-order valence-corrected chi connectivity index (χ4v) is 3.92. The number of benzene rings is 2. The minimum Gasteiger partial charge on any atom is -0.366 e. The Labute approximate surface area is 149 Å². The summed E-state index contributed by atoms with van der Waals surface area (Å²) in [6.07, 6.45) is 2.75. The maximum absolute atomic E-state index is 12.3. The first-order valence-corrected chi connectivity index (χ1v) is 9.90. The highest BCUT2D eigenvalue weighted by atomic mass is 32.2. The average molecular weight is 357 g/mol. The molecule has 1 saturated heterocycles. The van der Waals surface area contributed by atoms with Crippen molar-refractivity contribution < 1.29 is 13.2 Å². The lowest BCUT2D eigenvalue weighted by atomic mass is 10.0. The second-order valence-corrected chi connectivity index (χ2v) is 8.09. The molecule has 2 atom stereocenters. The Kier molecular flexibility index (Phi) is 5.37. The Bertz CT molecular complexity index is 842. The van der Waals surface area contributed by atoms with Gasteiger partial charge in [0.25, 0.3) is 0 Å². The second-order valence-electron chi connectivity index (χ2n) is 6.33. The lowest BCUT2D eigenvalue weighted by Crippen LogP contribution is -2.24. The van der Waals surface area contributed by atoms with Gasteiger partial charge in [-0.1, -0.05) is 54.1 Å². The quantitative estimate of drug-likeness (QED) is 0.829. The third kappa shape index (κ3) is 4.37. The number of sulfonamides is 1. The van der Waals surface area contributed by atoms with Crippen LogP contribution in [0.5, 0.6) is 0 Å². The van der Waals surface area contributed by atoms with Crippen LogP contribution in [0.2, 0.25) is 0 Å². The third-order valence-corrected chi connectivity index (χ3v) is 5.89. The van der Waals surface area contributed by atoms with E-state index in [0.717, 1.165) is 23.1 Å². The molecule has 1 fully saturated rings. The monoisotopic (exact) mass is 357 g/mol. The minimum atomic E-state index is -3.49. The van der Waals surface area contributed by atoms with Gasteiger partial charge in [-0.25, -0.2) is 13.1 Å². The minimum absolute atomic E-state index is 0.00548. The maximum Gasteiger partial charge on any atom is 0.240 e. The van der Waals surface area contributed by atoms with Crippen molar-refractivity contribution >= 4 is 10.0 Å². The number of hydrogen-bond donors (Lipinski definition) is 1. The Morgan fingerprint density at radius 3 is 2.48 bits per heavy atom. The molecule has 3 rings (SSSR count). The number of aryl methyl sites for hydroxylation is 1. The summed E-state index contributed by atoms with van der Waals surface area (Å²) in [5.41, 5.74) is 3.31. The van der Waals surface area contributed by atoms with E-state index in [2.05, 4.69) is 16.9 Å². The standard InChI is InChI=1S/C20H23NO3S/c1-15-8-10-19(11-9-15)25(22,23)21-13-12-18-14-20(24-16(18)2)17-6-4-3-5-7-17/h3-12,16,20-21H,13-14H2,1-2H3/b18-12-/t16-,20+/m0/s1. The molecule has 0 bridgehead atoms. The van der Waals surface area contributed by atoms with Gasteiger partial charge in [0, 0.05) is 13.0 Å². The topological polar surface area (TPSA) is 55.4 Å². The fourth-order valence-electron chi connectivity index (χ4n) is 2.96. The molecule has 0 aromatic heterocycles. The molecule has 5 heteroatoms. The van der Waals surface area contributed by atoms with E-state index in [9.17, 15) is 8.42 Å². The molecule has 2 aromatic rings. The van der Waals surface area contributed by atoms with Crippen molar-refractivity contribution in [1.82, 2.24) is 4.72 Å². The zero-order valence-electron chi connectivity index (χ0n) is 14.5. The van der Waals surface area contributed by atoms with Gasteiger partial charge in [0.1, 0.15) is 0 Å². The van der Waals surface area contributed by atoms with Gasteiger partial charge in [-0.2, -0.15) is 0 Å². The van der Waals surface area contributed by atoms with Crippen LogP contribution in [0.25, 0.3) is 0 Å². The van der Waals surface area contributed by atoms with Crippen LogP contribution in [0.1, 0.15) is 30.6 Å². The molecule has 0 aliphatic carbocycles. The summed E-state index contributed by atoms with van der Waals surface area (Å²) in [6.45, 7) is 4.20. The van der Waals surface area contributed by atoms with Gasteiger partial charge >= 0.3 is 0 Å². The van der Waals surface area contributed by atoms with Crippen molar-refractivity contribution in [3.05, 3.63) is 77.4 Å². The van der Waals surface area contributed by atoms with E-state index >= 15 is 0 Å². The number of hydrogen-bond acceptors (Lipinski definition) is 3. The van der Waals surface area contributed by atoms with Gasteiger partial charge in [-0.05, 0) is 37.1 Å². The van der Waals surface area contributed by atoms with Gasteiger partial charge in [0.05, 0.1) is 17.1 Å². The first-order valence-electron chi connectivity index (χ1n) is 8.41. The molecule has 25 heavy (non-hydrogen) atoms. The third-order valence-electron chi connectivity index (χ3n) is 4.45. The summed E-state index contributed by atoms with van der Waals surface area (Å²) in [5.74, 6) is 0. The van der Waals surface area contributed by atoms with Crippen LogP contribution >= 0.6 is 0 Å². The van der Waals surface area contributed by atoms with E-state index in [4.69, 9.17) is 4.74 Å².